The van der Waals surface area contributed by atoms with Gasteiger partial charge in [-0.25, -0.2) is 0 Å². The molecule has 1 aromatic heterocycles. The minimum Gasteiger partial charge on any atom is -0.263 e. The summed E-state index contributed by atoms with van der Waals surface area (Å²) < 4.78 is 0. The first kappa shape index (κ1) is 9.42. The van der Waals surface area contributed by atoms with Crippen LogP contribution in [-0.4, -0.2) is 4.98 Å². The summed E-state index contributed by atoms with van der Waals surface area (Å²) in [6.45, 7) is 1.95. The van der Waals surface area contributed by atoms with Gasteiger partial charge in [0.15, 0.2) is 0 Å². The first-order valence-corrected chi connectivity index (χ1v) is 4.73. The van der Waals surface area contributed by atoms with E-state index in [4.69, 9.17) is 5.26 Å². The summed E-state index contributed by atoms with van der Waals surface area (Å²) in [4.78, 5) is 4.07. The molecule has 0 fully saturated rings. The molecule has 0 atom stereocenters. The van der Waals surface area contributed by atoms with E-state index in [-0.39, 0.29) is 0 Å². The molecule has 0 bridgehead atoms. The van der Waals surface area contributed by atoms with Crippen LogP contribution in [0.15, 0.2) is 42.7 Å². The summed E-state index contributed by atoms with van der Waals surface area (Å²) in [7, 11) is 0. The highest BCUT2D eigenvalue weighted by atomic mass is 14.6. The molecule has 0 spiro atoms. The third-order valence-corrected chi connectivity index (χ3v) is 2.42. The fraction of sp³-hybridized carbons (Fsp3) is 0.0769. The first-order chi connectivity index (χ1) is 7.33. The minimum atomic E-state index is 0.636. The van der Waals surface area contributed by atoms with Crippen LogP contribution >= 0.6 is 0 Å². The van der Waals surface area contributed by atoms with Gasteiger partial charge < -0.3 is 0 Å². The second-order valence-electron chi connectivity index (χ2n) is 3.34. The molecule has 1 heterocycles. The quantitative estimate of drug-likeness (QED) is 0.699. The molecule has 2 nitrogen and oxygen atoms in total. The molecule has 0 N–H and O–H groups in total. The highest BCUT2D eigenvalue weighted by Crippen LogP contribution is 2.23. The Morgan fingerprint density at radius 1 is 1.13 bits per heavy atom. The maximum Gasteiger partial charge on any atom is 0.101 e. The average Bonchev–Trinajstić information content (AvgIpc) is 2.30. The van der Waals surface area contributed by atoms with E-state index in [0.29, 0.717) is 5.56 Å². The van der Waals surface area contributed by atoms with Crippen molar-refractivity contribution in [3.8, 4) is 17.2 Å². The lowest BCUT2D eigenvalue weighted by Crippen LogP contribution is -1.89. The number of aromatic nitrogens is 1. The third kappa shape index (κ3) is 1.72. The van der Waals surface area contributed by atoms with Crippen molar-refractivity contribution in [2.75, 3.05) is 0 Å². The molecule has 0 saturated heterocycles. The van der Waals surface area contributed by atoms with Gasteiger partial charge in [-0.05, 0) is 18.1 Å². The van der Waals surface area contributed by atoms with Crippen LogP contribution in [0.2, 0.25) is 0 Å². The number of nitrogens with zero attached hydrogens (tertiary/aromatic N) is 2. The van der Waals surface area contributed by atoms with E-state index >= 15 is 0 Å². The second-order valence-corrected chi connectivity index (χ2v) is 3.34. The molecule has 0 aliphatic heterocycles. The summed E-state index contributed by atoms with van der Waals surface area (Å²) in [6.07, 6.45) is 3.40. The van der Waals surface area contributed by atoms with Gasteiger partial charge in [-0.1, -0.05) is 30.3 Å². The smallest absolute Gasteiger partial charge is 0.101 e. The number of rotatable bonds is 1. The van der Waals surface area contributed by atoms with Gasteiger partial charge in [0, 0.05) is 18.0 Å². The van der Waals surface area contributed by atoms with Crippen LogP contribution in [0.1, 0.15) is 11.1 Å². The zero-order chi connectivity index (χ0) is 10.7. The van der Waals surface area contributed by atoms with Crippen molar-refractivity contribution < 1.29 is 0 Å². The number of pyridine rings is 1. The first-order valence-electron chi connectivity index (χ1n) is 4.73. The number of benzene rings is 1. The van der Waals surface area contributed by atoms with Crippen molar-refractivity contribution in [1.82, 2.24) is 4.98 Å². The van der Waals surface area contributed by atoms with Gasteiger partial charge >= 0.3 is 0 Å². The van der Waals surface area contributed by atoms with Crippen LogP contribution in [0.4, 0.5) is 0 Å². The fourth-order valence-corrected chi connectivity index (χ4v) is 1.55. The Morgan fingerprint density at radius 3 is 2.53 bits per heavy atom. The molecule has 0 radical (unpaired) electrons. The van der Waals surface area contributed by atoms with Crippen molar-refractivity contribution in [2.24, 2.45) is 0 Å². The number of hydrogen-bond acceptors (Lipinski definition) is 2. The molecule has 1 aromatic carbocycles. The monoisotopic (exact) mass is 194 g/mol. The molecule has 0 saturated carbocycles. The van der Waals surface area contributed by atoms with E-state index < -0.39 is 0 Å². The summed E-state index contributed by atoms with van der Waals surface area (Å²) in [5.74, 6) is 0. The Kier molecular flexibility index (Phi) is 2.47. The van der Waals surface area contributed by atoms with Crippen molar-refractivity contribution in [3.05, 3.63) is 53.9 Å². The van der Waals surface area contributed by atoms with Gasteiger partial charge in [-0.2, -0.15) is 5.26 Å². The van der Waals surface area contributed by atoms with Gasteiger partial charge in [-0.3, -0.25) is 4.98 Å². The molecule has 2 aromatic rings. The van der Waals surface area contributed by atoms with E-state index in [1.807, 2.05) is 37.3 Å². The van der Waals surface area contributed by atoms with E-state index in [1.54, 1.807) is 12.4 Å². The van der Waals surface area contributed by atoms with Crippen LogP contribution < -0.4 is 0 Å². The molecule has 2 heteroatoms. The number of hydrogen-bond donors (Lipinski definition) is 0. The van der Waals surface area contributed by atoms with Crippen molar-refractivity contribution in [2.45, 2.75) is 6.92 Å². The normalized spacial score (nSPS) is 9.60. The Hall–Kier alpha value is -2.14. The fourth-order valence-electron chi connectivity index (χ4n) is 1.55. The molecule has 0 amide bonds. The van der Waals surface area contributed by atoms with Gasteiger partial charge in [-0.15, -0.1) is 0 Å². The summed E-state index contributed by atoms with van der Waals surface area (Å²) >= 11 is 0. The van der Waals surface area contributed by atoms with Crippen LogP contribution in [0, 0.1) is 18.3 Å². The van der Waals surface area contributed by atoms with E-state index in [0.717, 1.165) is 16.7 Å². The molecule has 72 valence electrons. The molecule has 0 aliphatic rings. The zero-order valence-corrected chi connectivity index (χ0v) is 8.44. The van der Waals surface area contributed by atoms with Crippen molar-refractivity contribution in [3.63, 3.8) is 0 Å². The Labute approximate surface area is 88.8 Å². The Morgan fingerprint density at radius 2 is 1.87 bits per heavy atom. The average molecular weight is 194 g/mol. The van der Waals surface area contributed by atoms with Crippen molar-refractivity contribution >= 4 is 0 Å². The summed E-state index contributed by atoms with van der Waals surface area (Å²) in [5, 5.41) is 8.90. The summed E-state index contributed by atoms with van der Waals surface area (Å²) in [5.41, 5.74) is 3.74. The minimum absolute atomic E-state index is 0.636. The predicted octanol–water partition coefficient (Wildman–Crippen LogP) is 2.93. The van der Waals surface area contributed by atoms with Gasteiger partial charge in [0.2, 0.25) is 0 Å². The van der Waals surface area contributed by atoms with Crippen LogP contribution in [0.25, 0.3) is 11.1 Å². The lowest BCUT2D eigenvalue weighted by molar-refractivity contribution is 1.26. The Bertz CT molecular complexity index is 510. The van der Waals surface area contributed by atoms with E-state index in [9.17, 15) is 0 Å². The predicted molar refractivity (Wildman–Crippen MR) is 59.1 cm³/mol. The molecular formula is C13H10N2. The molecular weight excluding hydrogens is 184 g/mol. The topological polar surface area (TPSA) is 36.7 Å². The molecule has 0 aliphatic carbocycles. The number of nitriles is 1. The van der Waals surface area contributed by atoms with Gasteiger partial charge in [0.25, 0.3) is 0 Å². The maximum absolute atomic E-state index is 8.90. The standard InChI is InChI=1S/C13H10N2/c1-10-12(7-14)8-15-9-13(10)11-5-3-2-4-6-11/h2-6,8-9H,1H3. The largest absolute Gasteiger partial charge is 0.263 e. The maximum atomic E-state index is 8.90. The molecule has 2 rings (SSSR count). The van der Waals surface area contributed by atoms with Crippen LogP contribution in [0.3, 0.4) is 0 Å². The van der Waals surface area contributed by atoms with Crippen molar-refractivity contribution in [1.29, 1.82) is 5.26 Å². The lowest BCUT2D eigenvalue weighted by Gasteiger charge is -2.05. The van der Waals surface area contributed by atoms with Crippen LogP contribution in [0.5, 0.6) is 0 Å². The van der Waals surface area contributed by atoms with Gasteiger partial charge in [0.1, 0.15) is 6.07 Å². The van der Waals surface area contributed by atoms with Crippen LogP contribution in [-0.2, 0) is 0 Å². The highest BCUT2D eigenvalue weighted by molar-refractivity contribution is 5.68. The molecule has 0 unspecified atom stereocenters. The second kappa shape index (κ2) is 3.93. The zero-order valence-electron chi connectivity index (χ0n) is 8.44. The van der Waals surface area contributed by atoms with Gasteiger partial charge in [0.05, 0.1) is 5.56 Å². The highest BCUT2D eigenvalue weighted by Gasteiger charge is 2.05. The third-order valence-electron chi connectivity index (χ3n) is 2.42. The summed E-state index contributed by atoms with van der Waals surface area (Å²) in [6, 6.07) is 12.1. The van der Waals surface area contributed by atoms with E-state index in [2.05, 4.69) is 11.1 Å². The van der Waals surface area contributed by atoms with E-state index in [1.165, 1.54) is 0 Å². The molecule has 15 heavy (non-hydrogen) atoms. The Balaban J connectivity index is 2.61. The SMILES string of the molecule is Cc1c(C#N)cncc1-c1ccccc1. The lowest BCUT2D eigenvalue weighted by atomic mass is 10.0.